The summed E-state index contributed by atoms with van der Waals surface area (Å²) in [5.41, 5.74) is 8.80. The van der Waals surface area contributed by atoms with Crippen molar-refractivity contribution < 1.29 is 19.4 Å². The number of ether oxygens (including phenoxy) is 1. The minimum atomic E-state index is -0.713. The fourth-order valence-corrected chi connectivity index (χ4v) is 6.52. The number of carbonyl (C=O) groups is 2. The van der Waals surface area contributed by atoms with Gasteiger partial charge in [0.2, 0.25) is 5.95 Å². The minimum Gasteiger partial charge on any atom is -0.497 e. The molecular formula is C29H33N7O4S. The number of carbonyl (C=O) groups excluding carboxylic acids is 1. The molecular weight excluding hydrogens is 542 g/mol. The average molecular weight is 576 g/mol. The topological polar surface area (TPSA) is 148 Å². The minimum absolute atomic E-state index is 0.395. The SMILES string of the molecule is CCCC1(C(=O)O)CCN(c2ncc(-c3cc(-c4cc(OC)ccn4)c4sc(N(CC)C(N)=O)nc4c3)cn2)CC1. The number of nitrogens with zero attached hydrogens (tertiary/aromatic N) is 6. The number of rotatable bonds is 9. The second-order valence-corrected chi connectivity index (χ2v) is 11.1. The second kappa shape index (κ2) is 11.7. The van der Waals surface area contributed by atoms with E-state index in [1.807, 2.05) is 36.9 Å². The van der Waals surface area contributed by atoms with Gasteiger partial charge in [0.15, 0.2) is 5.13 Å². The molecule has 0 radical (unpaired) electrons. The first-order valence-electron chi connectivity index (χ1n) is 13.6. The van der Waals surface area contributed by atoms with Gasteiger partial charge in [-0.25, -0.2) is 19.7 Å². The summed E-state index contributed by atoms with van der Waals surface area (Å²) in [6, 6.07) is 7.03. The number of aliphatic carboxylic acids is 1. The third-order valence-electron chi connectivity index (χ3n) is 7.69. The fraction of sp³-hybridized carbons (Fsp3) is 0.379. The van der Waals surface area contributed by atoms with E-state index >= 15 is 0 Å². The Labute approximate surface area is 242 Å². The molecule has 41 heavy (non-hydrogen) atoms. The predicted octanol–water partition coefficient (Wildman–Crippen LogP) is 5.20. The number of primary amides is 1. The Morgan fingerprint density at radius 3 is 2.46 bits per heavy atom. The first kappa shape index (κ1) is 28.2. The first-order chi connectivity index (χ1) is 19.8. The molecule has 4 aromatic rings. The quantitative estimate of drug-likeness (QED) is 0.275. The van der Waals surface area contributed by atoms with Gasteiger partial charge < -0.3 is 20.5 Å². The highest BCUT2D eigenvalue weighted by molar-refractivity contribution is 7.23. The number of pyridine rings is 1. The van der Waals surface area contributed by atoms with Gasteiger partial charge in [-0.2, -0.15) is 0 Å². The van der Waals surface area contributed by atoms with Crippen LogP contribution in [0.15, 0.2) is 42.9 Å². The molecule has 3 N–H and O–H groups in total. The van der Waals surface area contributed by atoms with Gasteiger partial charge in [-0.15, -0.1) is 0 Å². The van der Waals surface area contributed by atoms with Crippen LogP contribution >= 0.6 is 11.3 Å². The lowest BCUT2D eigenvalue weighted by molar-refractivity contribution is -0.150. The van der Waals surface area contributed by atoms with E-state index in [2.05, 4.69) is 15.0 Å². The van der Waals surface area contributed by atoms with E-state index in [9.17, 15) is 14.7 Å². The summed E-state index contributed by atoms with van der Waals surface area (Å²) in [5.74, 6) is 0.539. The van der Waals surface area contributed by atoms with Gasteiger partial charge in [-0.05, 0) is 49.9 Å². The van der Waals surface area contributed by atoms with E-state index in [1.54, 1.807) is 31.8 Å². The number of urea groups is 1. The summed E-state index contributed by atoms with van der Waals surface area (Å²) in [7, 11) is 1.61. The molecule has 1 saturated heterocycles. The predicted molar refractivity (Wildman–Crippen MR) is 159 cm³/mol. The molecule has 3 aromatic heterocycles. The van der Waals surface area contributed by atoms with Crippen LogP contribution in [0.5, 0.6) is 5.75 Å². The number of amides is 2. The molecule has 1 fully saturated rings. The van der Waals surface area contributed by atoms with E-state index in [1.165, 1.54) is 16.2 Å². The number of benzene rings is 1. The molecule has 0 aliphatic carbocycles. The van der Waals surface area contributed by atoms with E-state index in [-0.39, 0.29) is 0 Å². The Hall–Kier alpha value is -4.32. The maximum Gasteiger partial charge on any atom is 0.321 e. The van der Waals surface area contributed by atoms with E-state index in [0.717, 1.165) is 27.8 Å². The maximum atomic E-state index is 12.0. The van der Waals surface area contributed by atoms with Crippen LogP contribution in [0.3, 0.4) is 0 Å². The summed E-state index contributed by atoms with van der Waals surface area (Å²) in [6.07, 6.45) is 7.89. The van der Waals surface area contributed by atoms with Crippen LogP contribution in [-0.2, 0) is 4.79 Å². The number of fused-ring (bicyclic) bond motifs is 1. The average Bonchev–Trinajstić information content (AvgIpc) is 3.41. The largest absolute Gasteiger partial charge is 0.497 e. The van der Waals surface area contributed by atoms with Crippen molar-refractivity contribution in [1.82, 2.24) is 19.9 Å². The number of thiazole rings is 1. The molecule has 1 aliphatic rings. The molecule has 214 valence electrons. The van der Waals surface area contributed by atoms with Crippen LogP contribution in [0.2, 0.25) is 0 Å². The summed E-state index contributed by atoms with van der Waals surface area (Å²) in [6.45, 7) is 5.46. The van der Waals surface area contributed by atoms with Crippen molar-refractivity contribution in [3.63, 3.8) is 0 Å². The Balaban J connectivity index is 1.50. The van der Waals surface area contributed by atoms with Crippen molar-refractivity contribution in [1.29, 1.82) is 0 Å². The maximum absolute atomic E-state index is 12.0. The number of piperidine rings is 1. The molecule has 0 atom stereocenters. The molecule has 0 saturated carbocycles. The van der Waals surface area contributed by atoms with Gasteiger partial charge in [0.05, 0.1) is 28.4 Å². The molecule has 4 heterocycles. The lowest BCUT2D eigenvalue weighted by atomic mass is 9.75. The Kier molecular flexibility index (Phi) is 8.02. The third kappa shape index (κ3) is 5.51. The van der Waals surface area contributed by atoms with Crippen molar-refractivity contribution in [2.24, 2.45) is 11.1 Å². The van der Waals surface area contributed by atoms with Crippen molar-refractivity contribution in [3.05, 3.63) is 42.9 Å². The van der Waals surface area contributed by atoms with Gasteiger partial charge in [0.25, 0.3) is 0 Å². The highest BCUT2D eigenvalue weighted by atomic mass is 32.1. The molecule has 0 spiro atoms. The summed E-state index contributed by atoms with van der Waals surface area (Å²) < 4.78 is 6.29. The Morgan fingerprint density at radius 1 is 1.12 bits per heavy atom. The smallest absolute Gasteiger partial charge is 0.321 e. The van der Waals surface area contributed by atoms with Crippen molar-refractivity contribution in [2.75, 3.05) is 36.5 Å². The lowest BCUT2D eigenvalue weighted by Crippen LogP contribution is -2.45. The standard InChI is InChI=1S/C29H33N7O4S/c1-4-7-29(25(37)38)8-11-35(12-9-29)27-32-16-19(17-33-27)18-13-21(22-15-20(40-3)6-10-31-22)24-23(14-18)34-28(41-24)36(5-2)26(30)39/h6,10,13-17H,4-5,7-9,11-12H2,1-3H3,(H2,30,39)(H,37,38). The zero-order chi connectivity index (χ0) is 29.1. The van der Waals surface area contributed by atoms with Crippen molar-refractivity contribution in [2.45, 2.75) is 39.5 Å². The van der Waals surface area contributed by atoms with Crippen molar-refractivity contribution >= 4 is 44.6 Å². The number of hydrogen-bond donors (Lipinski definition) is 2. The van der Waals surface area contributed by atoms with Crippen LogP contribution in [0.4, 0.5) is 15.9 Å². The zero-order valence-corrected chi connectivity index (χ0v) is 24.1. The summed E-state index contributed by atoms with van der Waals surface area (Å²) >= 11 is 1.38. The van der Waals surface area contributed by atoms with Crippen LogP contribution in [0.1, 0.15) is 39.5 Å². The molecule has 2 amide bonds. The normalized spacial score (nSPS) is 14.7. The number of carboxylic acids is 1. The third-order valence-corrected chi connectivity index (χ3v) is 8.82. The molecule has 11 nitrogen and oxygen atoms in total. The van der Waals surface area contributed by atoms with Gasteiger partial charge in [-0.3, -0.25) is 14.7 Å². The number of methoxy groups -OCH3 is 1. The number of aromatic nitrogens is 4. The van der Waals surface area contributed by atoms with E-state index < -0.39 is 17.4 Å². The molecule has 12 heteroatoms. The summed E-state index contributed by atoms with van der Waals surface area (Å²) in [4.78, 5) is 46.1. The molecule has 1 aromatic carbocycles. The fourth-order valence-electron chi connectivity index (χ4n) is 5.38. The molecule has 1 aliphatic heterocycles. The zero-order valence-electron chi connectivity index (χ0n) is 23.3. The van der Waals surface area contributed by atoms with E-state index in [0.29, 0.717) is 66.9 Å². The molecule has 0 unspecified atom stereocenters. The van der Waals surface area contributed by atoms with E-state index in [4.69, 9.17) is 15.5 Å². The van der Waals surface area contributed by atoms with Crippen LogP contribution < -0.4 is 20.3 Å². The Morgan fingerprint density at radius 2 is 1.85 bits per heavy atom. The van der Waals surface area contributed by atoms with Gasteiger partial charge in [0.1, 0.15) is 5.75 Å². The lowest BCUT2D eigenvalue weighted by Gasteiger charge is -2.38. The number of nitrogens with two attached hydrogens (primary N) is 1. The highest BCUT2D eigenvalue weighted by Crippen LogP contribution is 2.40. The number of anilines is 2. The summed E-state index contributed by atoms with van der Waals surface area (Å²) in [5, 5.41) is 10.3. The van der Waals surface area contributed by atoms with Gasteiger partial charge in [-0.1, -0.05) is 24.7 Å². The van der Waals surface area contributed by atoms with Crippen LogP contribution in [0.25, 0.3) is 32.6 Å². The van der Waals surface area contributed by atoms with Gasteiger partial charge in [0, 0.05) is 55.4 Å². The monoisotopic (exact) mass is 575 g/mol. The van der Waals surface area contributed by atoms with Crippen molar-refractivity contribution in [3.8, 4) is 28.1 Å². The Bertz CT molecular complexity index is 1570. The van der Waals surface area contributed by atoms with Gasteiger partial charge >= 0.3 is 12.0 Å². The second-order valence-electron chi connectivity index (χ2n) is 10.1. The number of hydrogen-bond acceptors (Lipinski definition) is 9. The molecule has 0 bridgehead atoms. The first-order valence-corrected chi connectivity index (χ1v) is 14.4. The van der Waals surface area contributed by atoms with Crippen LogP contribution in [0, 0.1) is 5.41 Å². The van der Waals surface area contributed by atoms with Crippen LogP contribution in [-0.4, -0.2) is 63.8 Å². The molecule has 5 rings (SSSR count). The number of carboxylic acid groups (broad SMARTS) is 1. The highest BCUT2D eigenvalue weighted by Gasteiger charge is 2.41.